The zero-order chi connectivity index (χ0) is 18.9. The fourth-order valence-corrected chi connectivity index (χ4v) is 3.60. The predicted molar refractivity (Wildman–Crippen MR) is 102 cm³/mol. The lowest BCUT2D eigenvalue weighted by Gasteiger charge is -2.31. The third-order valence-corrected chi connectivity index (χ3v) is 4.79. The highest BCUT2D eigenvalue weighted by molar-refractivity contribution is 6.09. The Labute approximate surface area is 158 Å². The van der Waals surface area contributed by atoms with Gasteiger partial charge < -0.3 is 9.47 Å². The first-order valence-electron chi connectivity index (χ1n) is 8.99. The average molecular weight is 366 g/mol. The Morgan fingerprint density at radius 2 is 1.70 bits per heavy atom. The second-order valence-electron chi connectivity index (χ2n) is 6.41. The van der Waals surface area contributed by atoms with E-state index < -0.39 is 11.8 Å². The summed E-state index contributed by atoms with van der Waals surface area (Å²) in [5.74, 6) is 0.351. The van der Waals surface area contributed by atoms with Crippen molar-refractivity contribution in [1.29, 1.82) is 0 Å². The van der Waals surface area contributed by atoms with Crippen molar-refractivity contribution in [2.45, 2.75) is 25.2 Å². The number of nitrogens with zero attached hydrogens (tertiary/aromatic N) is 2. The summed E-state index contributed by atoms with van der Waals surface area (Å²) in [6, 6.07) is 19.0. The molecule has 140 valence electrons. The van der Waals surface area contributed by atoms with Gasteiger partial charge in [-0.3, -0.25) is 4.79 Å². The lowest BCUT2D eigenvalue weighted by molar-refractivity contribution is -0.122. The minimum atomic E-state index is -1.03. The van der Waals surface area contributed by atoms with E-state index in [4.69, 9.17) is 14.3 Å². The molecular weight excluding hydrogens is 344 g/mol. The molecule has 2 unspecified atom stereocenters. The maximum atomic E-state index is 13.6. The number of hydrogen-bond acceptors (Lipinski definition) is 5. The fourth-order valence-electron chi connectivity index (χ4n) is 3.60. The highest BCUT2D eigenvalue weighted by Crippen LogP contribution is 2.45. The van der Waals surface area contributed by atoms with Gasteiger partial charge in [-0.1, -0.05) is 36.4 Å². The van der Waals surface area contributed by atoms with E-state index in [-0.39, 0.29) is 5.91 Å². The summed E-state index contributed by atoms with van der Waals surface area (Å²) in [6.45, 7) is 2.41. The first-order valence-corrected chi connectivity index (χ1v) is 8.99. The quantitative estimate of drug-likeness (QED) is 0.811. The molecule has 1 fully saturated rings. The average Bonchev–Trinajstić information content (AvgIpc) is 3.21. The van der Waals surface area contributed by atoms with Gasteiger partial charge >= 0.3 is 0 Å². The van der Waals surface area contributed by atoms with E-state index >= 15 is 0 Å². The number of carbonyl (C=O) groups is 1. The van der Waals surface area contributed by atoms with Crippen LogP contribution in [-0.2, 0) is 19.1 Å². The molecule has 1 spiro atoms. The Bertz CT molecular complexity index is 840. The molecule has 1 saturated heterocycles. The Hall–Kier alpha value is -2.83. The third-order valence-electron chi connectivity index (χ3n) is 4.79. The highest BCUT2D eigenvalue weighted by Gasteiger charge is 2.59. The van der Waals surface area contributed by atoms with Gasteiger partial charge in [-0.05, 0) is 31.2 Å². The molecule has 0 aliphatic carbocycles. The molecule has 6 nitrogen and oxygen atoms in total. The monoisotopic (exact) mass is 366 g/mol. The van der Waals surface area contributed by atoms with Crippen LogP contribution in [0.15, 0.2) is 72.6 Å². The number of benzene rings is 2. The molecule has 0 saturated carbocycles. The van der Waals surface area contributed by atoms with Crippen LogP contribution in [0.3, 0.4) is 0 Å². The van der Waals surface area contributed by atoms with Crippen molar-refractivity contribution in [2.75, 3.05) is 23.7 Å². The molecule has 0 radical (unpaired) electrons. The Kier molecular flexibility index (Phi) is 4.59. The van der Waals surface area contributed by atoms with E-state index in [0.717, 1.165) is 11.4 Å². The van der Waals surface area contributed by atoms with E-state index in [9.17, 15) is 4.79 Å². The topological polar surface area (TPSA) is 51.2 Å². The van der Waals surface area contributed by atoms with Crippen LogP contribution in [0, 0.1) is 0 Å². The summed E-state index contributed by atoms with van der Waals surface area (Å²) in [7, 11) is 1.57. The molecule has 0 N–H and O–H groups in total. The maximum absolute atomic E-state index is 13.6. The summed E-state index contributed by atoms with van der Waals surface area (Å²) in [5.41, 5.74) is 0.512. The number of methoxy groups -OCH3 is 1. The fraction of sp³-hybridized carbons (Fsp3) is 0.286. The van der Waals surface area contributed by atoms with Gasteiger partial charge in [-0.15, -0.1) is 0 Å². The summed E-state index contributed by atoms with van der Waals surface area (Å²) in [5, 5.41) is 1.65. The lowest BCUT2D eigenvalue weighted by atomic mass is 9.95. The predicted octanol–water partition coefficient (Wildman–Crippen LogP) is 3.46. The van der Waals surface area contributed by atoms with Gasteiger partial charge in [-0.25, -0.2) is 14.8 Å². The summed E-state index contributed by atoms with van der Waals surface area (Å²) < 4.78 is 11.3. The van der Waals surface area contributed by atoms with Crippen LogP contribution >= 0.6 is 0 Å². The second kappa shape index (κ2) is 7.06. The summed E-state index contributed by atoms with van der Waals surface area (Å²) in [6.07, 6.45) is 1.70. The maximum Gasteiger partial charge on any atom is 0.266 e. The van der Waals surface area contributed by atoms with Crippen molar-refractivity contribution in [3.8, 4) is 0 Å². The molecular formula is C21H22N2O4. The summed E-state index contributed by atoms with van der Waals surface area (Å²) >= 11 is 0. The molecule has 1 amide bonds. The zero-order valence-corrected chi connectivity index (χ0v) is 15.4. The van der Waals surface area contributed by atoms with E-state index in [1.165, 1.54) is 0 Å². The molecule has 2 aromatic carbocycles. The van der Waals surface area contributed by atoms with Gasteiger partial charge in [-0.2, -0.15) is 0 Å². The molecule has 0 bridgehead atoms. The van der Waals surface area contributed by atoms with Crippen LogP contribution in [0.4, 0.5) is 11.4 Å². The molecule has 2 atom stereocenters. The van der Waals surface area contributed by atoms with Gasteiger partial charge in [0.1, 0.15) is 0 Å². The smallest absolute Gasteiger partial charge is 0.266 e. The number of rotatable bonds is 5. The largest absolute Gasteiger partial charge is 0.482 e. The van der Waals surface area contributed by atoms with E-state index in [0.29, 0.717) is 18.9 Å². The second-order valence-corrected chi connectivity index (χ2v) is 6.41. The molecule has 6 heteroatoms. The van der Waals surface area contributed by atoms with Gasteiger partial charge in [0.05, 0.1) is 18.5 Å². The van der Waals surface area contributed by atoms with Gasteiger partial charge in [0.2, 0.25) is 0 Å². The number of para-hydroxylation sites is 2. The van der Waals surface area contributed by atoms with Crippen molar-refractivity contribution in [3.63, 3.8) is 0 Å². The Morgan fingerprint density at radius 3 is 2.30 bits per heavy atom. The Morgan fingerprint density at radius 1 is 1.07 bits per heavy atom. The van der Waals surface area contributed by atoms with E-state index in [1.54, 1.807) is 17.1 Å². The standard InChI is InChI=1S/C21H22N2O4/c1-3-26-19-15-21(23(27-19)17-12-8-5-9-13-17)14-18(25-2)22(20(21)24)16-10-6-4-7-11-16/h4-14,19H,3,15H2,1-2H3. The molecule has 2 heterocycles. The van der Waals surface area contributed by atoms with Crippen LogP contribution in [0.2, 0.25) is 0 Å². The van der Waals surface area contributed by atoms with Crippen LogP contribution in [-0.4, -0.2) is 31.5 Å². The SMILES string of the molecule is CCOC1CC2(C=C(OC)N(c3ccccc3)C2=O)N(c2ccccc2)O1. The van der Waals surface area contributed by atoms with E-state index in [1.807, 2.05) is 73.7 Å². The Balaban J connectivity index is 1.79. The van der Waals surface area contributed by atoms with Gasteiger partial charge in [0.25, 0.3) is 5.91 Å². The van der Waals surface area contributed by atoms with Gasteiger partial charge in [0, 0.05) is 19.1 Å². The van der Waals surface area contributed by atoms with Crippen LogP contribution in [0.5, 0.6) is 0 Å². The van der Waals surface area contributed by atoms with Crippen molar-refractivity contribution < 1.29 is 19.1 Å². The molecule has 2 aliphatic heterocycles. The minimum absolute atomic E-state index is 0.128. The molecule has 0 aromatic heterocycles. The number of anilines is 2. The van der Waals surface area contributed by atoms with Crippen molar-refractivity contribution in [2.24, 2.45) is 0 Å². The number of carbonyl (C=O) groups excluding carboxylic acids is 1. The molecule has 2 aliphatic rings. The van der Waals surface area contributed by atoms with Crippen molar-refractivity contribution in [1.82, 2.24) is 0 Å². The third kappa shape index (κ3) is 2.87. The normalized spacial score (nSPS) is 24.6. The number of amides is 1. The van der Waals surface area contributed by atoms with Gasteiger partial charge in [0.15, 0.2) is 17.7 Å². The minimum Gasteiger partial charge on any atom is -0.482 e. The molecule has 2 aromatic rings. The van der Waals surface area contributed by atoms with Crippen molar-refractivity contribution >= 4 is 17.3 Å². The highest BCUT2D eigenvalue weighted by atomic mass is 16.8. The molecule has 4 rings (SSSR count). The molecule has 27 heavy (non-hydrogen) atoms. The number of ether oxygens (including phenoxy) is 2. The van der Waals surface area contributed by atoms with Crippen LogP contribution in [0.25, 0.3) is 0 Å². The van der Waals surface area contributed by atoms with Crippen molar-refractivity contribution in [3.05, 3.63) is 72.6 Å². The van der Waals surface area contributed by atoms with E-state index in [2.05, 4.69) is 0 Å². The number of hydroxylamine groups is 1. The first-order chi connectivity index (χ1) is 13.2. The zero-order valence-electron chi connectivity index (χ0n) is 15.4. The first kappa shape index (κ1) is 17.6. The summed E-state index contributed by atoms with van der Waals surface area (Å²) in [4.78, 5) is 21.3. The lowest BCUT2D eigenvalue weighted by Crippen LogP contribution is -2.51. The van der Waals surface area contributed by atoms with Crippen LogP contribution in [0.1, 0.15) is 13.3 Å². The number of hydrogen-bond donors (Lipinski definition) is 0. The van der Waals surface area contributed by atoms with Crippen LogP contribution < -0.4 is 9.96 Å².